The summed E-state index contributed by atoms with van der Waals surface area (Å²) in [4.78, 5) is 0. The largest absolute Gasteiger partial charge is 0.487 e. The van der Waals surface area contributed by atoms with E-state index in [4.69, 9.17) is 4.74 Å². The second-order valence-electron chi connectivity index (χ2n) is 5.27. The number of benzene rings is 1. The molecule has 1 aromatic carbocycles. The molecule has 1 heterocycles. The topological polar surface area (TPSA) is 21.3 Å². The SMILES string of the molecule is CNC1CC(C)(C2CC2)Oc2ccccc21. The molecule has 2 nitrogen and oxygen atoms in total. The molecule has 3 rings (SSSR count). The molecule has 0 aromatic heterocycles. The number of para-hydroxylation sites is 1. The standard InChI is InChI=1S/C14H19NO/c1-14(10-7-8-10)9-12(15-2)11-5-3-4-6-13(11)16-14/h3-6,10,12,15H,7-9H2,1-2H3. The van der Waals surface area contributed by atoms with Crippen molar-refractivity contribution < 1.29 is 4.74 Å². The molecule has 1 fully saturated rings. The Balaban J connectivity index is 1.98. The number of fused-ring (bicyclic) bond motifs is 1. The third kappa shape index (κ3) is 1.52. The average molecular weight is 217 g/mol. The van der Waals surface area contributed by atoms with Crippen LogP contribution in [0, 0.1) is 5.92 Å². The van der Waals surface area contributed by atoms with E-state index in [0.717, 1.165) is 18.1 Å². The Morgan fingerprint density at radius 3 is 2.75 bits per heavy atom. The Labute approximate surface area is 97.0 Å². The predicted molar refractivity (Wildman–Crippen MR) is 64.6 cm³/mol. The van der Waals surface area contributed by atoms with Crippen LogP contribution >= 0.6 is 0 Å². The molecule has 0 radical (unpaired) electrons. The van der Waals surface area contributed by atoms with E-state index in [1.807, 2.05) is 7.05 Å². The molecule has 0 amide bonds. The summed E-state index contributed by atoms with van der Waals surface area (Å²) in [6.07, 6.45) is 3.75. The first-order chi connectivity index (χ1) is 7.73. The lowest BCUT2D eigenvalue weighted by atomic mass is 9.85. The van der Waals surface area contributed by atoms with Crippen LogP contribution in [0.5, 0.6) is 5.75 Å². The van der Waals surface area contributed by atoms with Gasteiger partial charge in [0.2, 0.25) is 0 Å². The highest BCUT2D eigenvalue weighted by atomic mass is 16.5. The molecular weight excluding hydrogens is 198 g/mol. The van der Waals surface area contributed by atoms with Crippen molar-refractivity contribution in [1.29, 1.82) is 0 Å². The van der Waals surface area contributed by atoms with Crippen LogP contribution in [-0.4, -0.2) is 12.6 Å². The minimum atomic E-state index is 0.0437. The van der Waals surface area contributed by atoms with Crippen molar-refractivity contribution in [1.82, 2.24) is 5.32 Å². The molecule has 2 unspecified atom stereocenters. The summed E-state index contributed by atoms with van der Waals surface area (Å²) in [6, 6.07) is 8.86. The zero-order valence-electron chi connectivity index (χ0n) is 9.99. The molecule has 1 aromatic rings. The summed E-state index contributed by atoms with van der Waals surface area (Å²) in [6.45, 7) is 2.27. The fourth-order valence-corrected chi connectivity index (χ4v) is 2.87. The normalized spacial score (nSPS) is 33.0. The maximum absolute atomic E-state index is 6.24. The number of rotatable bonds is 2. The van der Waals surface area contributed by atoms with Gasteiger partial charge in [-0.3, -0.25) is 0 Å². The molecule has 16 heavy (non-hydrogen) atoms. The van der Waals surface area contributed by atoms with Gasteiger partial charge in [0.1, 0.15) is 11.4 Å². The van der Waals surface area contributed by atoms with Crippen LogP contribution in [0.4, 0.5) is 0 Å². The first kappa shape index (κ1) is 10.2. The van der Waals surface area contributed by atoms with Gasteiger partial charge in [-0.2, -0.15) is 0 Å². The van der Waals surface area contributed by atoms with Crippen molar-refractivity contribution >= 4 is 0 Å². The van der Waals surface area contributed by atoms with E-state index < -0.39 is 0 Å². The Bertz CT molecular complexity index is 399. The van der Waals surface area contributed by atoms with Gasteiger partial charge in [-0.25, -0.2) is 0 Å². The van der Waals surface area contributed by atoms with Crippen LogP contribution in [0.25, 0.3) is 0 Å². The predicted octanol–water partition coefficient (Wildman–Crippen LogP) is 2.90. The van der Waals surface area contributed by atoms with Gasteiger partial charge in [0.15, 0.2) is 0 Å². The summed E-state index contributed by atoms with van der Waals surface area (Å²) in [5.41, 5.74) is 1.35. The van der Waals surface area contributed by atoms with Gasteiger partial charge in [-0.1, -0.05) is 18.2 Å². The molecule has 1 aliphatic carbocycles. The molecule has 2 heteroatoms. The molecule has 1 saturated carbocycles. The van der Waals surface area contributed by atoms with E-state index in [1.165, 1.54) is 18.4 Å². The van der Waals surface area contributed by atoms with Crippen LogP contribution in [0.3, 0.4) is 0 Å². The highest BCUT2D eigenvalue weighted by Crippen LogP contribution is 2.50. The molecule has 0 saturated heterocycles. The Morgan fingerprint density at radius 1 is 1.31 bits per heavy atom. The summed E-state index contributed by atoms with van der Waals surface area (Å²) < 4.78 is 6.24. The summed E-state index contributed by atoms with van der Waals surface area (Å²) in [5, 5.41) is 3.42. The van der Waals surface area contributed by atoms with Crippen LogP contribution in [0.15, 0.2) is 24.3 Å². The molecule has 2 aliphatic rings. The number of hydrogen-bond donors (Lipinski definition) is 1. The van der Waals surface area contributed by atoms with E-state index in [2.05, 4.69) is 36.5 Å². The van der Waals surface area contributed by atoms with E-state index in [9.17, 15) is 0 Å². The summed E-state index contributed by atoms with van der Waals surface area (Å²) in [5.74, 6) is 1.83. The van der Waals surface area contributed by atoms with Gasteiger partial charge < -0.3 is 10.1 Å². The third-order valence-electron chi connectivity index (χ3n) is 4.04. The van der Waals surface area contributed by atoms with Crippen LogP contribution < -0.4 is 10.1 Å². The van der Waals surface area contributed by atoms with Gasteiger partial charge in [0.25, 0.3) is 0 Å². The lowest BCUT2D eigenvalue weighted by Crippen LogP contribution is -2.42. The Morgan fingerprint density at radius 2 is 2.06 bits per heavy atom. The fourth-order valence-electron chi connectivity index (χ4n) is 2.87. The minimum absolute atomic E-state index is 0.0437. The molecular formula is C14H19NO. The smallest absolute Gasteiger partial charge is 0.124 e. The van der Waals surface area contributed by atoms with Gasteiger partial charge in [0, 0.05) is 18.0 Å². The molecule has 1 aliphatic heterocycles. The fraction of sp³-hybridized carbons (Fsp3) is 0.571. The summed E-state index contributed by atoms with van der Waals surface area (Å²) in [7, 11) is 2.04. The van der Waals surface area contributed by atoms with Gasteiger partial charge in [-0.05, 0) is 38.8 Å². The minimum Gasteiger partial charge on any atom is -0.487 e. The highest BCUT2D eigenvalue weighted by molar-refractivity contribution is 5.39. The van der Waals surface area contributed by atoms with Crippen molar-refractivity contribution in [2.24, 2.45) is 5.92 Å². The maximum atomic E-state index is 6.24. The second-order valence-corrected chi connectivity index (χ2v) is 5.27. The lowest BCUT2D eigenvalue weighted by molar-refractivity contribution is 0.0280. The number of ether oxygens (including phenoxy) is 1. The first-order valence-corrected chi connectivity index (χ1v) is 6.18. The van der Waals surface area contributed by atoms with Crippen LogP contribution in [0.1, 0.15) is 37.8 Å². The number of hydrogen-bond acceptors (Lipinski definition) is 2. The molecule has 1 N–H and O–H groups in total. The van der Waals surface area contributed by atoms with Crippen LogP contribution in [-0.2, 0) is 0 Å². The van der Waals surface area contributed by atoms with Gasteiger partial charge in [0.05, 0.1) is 0 Å². The lowest BCUT2D eigenvalue weighted by Gasteiger charge is -2.40. The Kier molecular flexibility index (Phi) is 2.21. The zero-order chi connectivity index (χ0) is 11.2. The van der Waals surface area contributed by atoms with Gasteiger partial charge in [-0.15, -0.1) is 0 Å². The molecule has 0 spiro atoms. The zero-order valence-corrected chi connectivity index (χ0v) is 9.99. The molecule has 2 atom stereocenters. The Hall–Kier alpha value is -1.02. The second kappa shape index (κ2) is 3.49. The number of nitrogens with one attached hydrogen (secondary N) is 1. The van der Waals surface area contributed by atoms with E-state index >= 15 is 0 Å². The average Bonchev–Trinajstić information content (AvgIpc) is 3.12. The van der Waals surface area contributed by atoms with Crippen molar-refractivity contribution in [2.45, 2.75) is 37.8 Å². The monoisotopic (exact) mass is 217 g/mol. The summed E-state index contributed by atoms with van der Waals surface area (Å²) >= 11 is 0. The molecule has 86 valence electrons. The third-order valence-corrected chi connectivity index (χ3v) is 4.04. The first-order valence-electron chi connectivity index (χ1n) is 6.18. The van der Waals surface area contributed by atoms with Crippen molar-refractivity contribution in [3.63, 3.8) is 0 Å². The van der Waals surface area contributed by atoms with Crippen LogP contribution in [0.2, 0.25) is 0 Å². The maximum Gasteiger partial charge on any atom is 0.124 e. The van der Waals surface area contributed by atoms with E-state index in [1.54, 1.807) is 0 Å². The van der Waals surface area contributed by atoms with E-state index in [-0.39, 0.29) is 5.60 Å². The highest BCUT2D eigenvalue weighted by Gasteiger charge is 2.47. The quantitative estimate of drug-likeness (QED) is 0.822. The van der Waals surface area contributed by atoms with Crippen molar-refractivity contribution in [2.75, 3.05) is 7.05 Å². The van der Waals surface area contributed by atoms with E-state index in [0.29, 0.717) is 6.04 Å². The van der Waals surface area contributed by atoms with Crippen molar-refractivity contribution in [3.05, 3.63) is 29.8 Å². The molecule has 0 bridgehead atoms. The van der Waals surface area contributed by atoms with Crippen molar-refractivity contribution in [3.8, 4) is 5.75 Å². The van der Waals surface area contributed by atoms with Gasteiger partial charge >= 0.3 is 0 Å².